The summed E-state index contributed by atoms with van der Waals surface area (Å²) in [4.78, 5) is 0. The van der Waals surface area contributed by atoms with Crippen molar-refractivity contribution >= 4 is 23.2 Å². The highest BCUT2D eigenvalue weighted by Crippen LogP contribution is 1.73. The summed E-state index contributed by atoms with van der Waals surface area (Å²) < 4.78 is 0. The highest BCUT2D eigenvalue weighted by Gasteiger charge is 1.41. The Bertz CT molecular complexity index is 6.00. The first-order valence-corrected chi connectivity index (χ1v) is 1.60. The summed E-state index contributed by atoms with van der Waals surface area (Å²) >= 11 is 9.53. The number of rotatable bonds is 0. The molecule has 26 valence electrons. The first-order chi connectivity index (χ1) is 1.41. The van der Waals surface area contributed by atoms with Gasteiger partial charge in [-0.25, -0.2) is 0 Å². The van der Waals surface area contributed by atoms with Crippen molar-refractivity contribution < 1.29 is 5.48 Å². The van der Waals surface area contributed by atoms with Crippen LogP contribution in [0.3, 0.4) is 0 Å². The lowest BCUT2D eigenvalue weighted by Crippen LogP contribution is -1.24. The van der Waals surface area contributed by atoms with E-state index in [4.69, 9.17) is 23.2 Å². The Morgan fingerprint density at radius 2 is 1.25 bits per heavy atom. The summed E-state index contributed by atoms with van der Waals surface area (Å²) in [7, 11) is 0. The normalized spacial score (nSPS) is 4.50. The number of hydrogen-bond donors (Lipinski definition) is 0. The minimum absolute atomic E-state index is 0. The standard InChI is InChI=1S/CH2Cl2.O/c2-1-3;/h1H2;. The summed E-state index contributed by atoms with van der Waals surface area (Å²) in [6.07, 6.45) is 0. The van der Waals surface area contributed by atoms with Crippen molar-refractivity contribution in [1.82, 2.24) is 0 Å². The average Bonchev–Trinajstić information content (AvgIpc) is 0.918. The minimum Gasteiger partial charge on any atom is -0.109 e. The zero-order chi connectivity index (χ0) is 2.71. The smallest absolute Gasteiger partial charge is 0.0967 e. The second-order valence-electron chi connectivity index (χ2n) is 0.101. The van der Waals surface area contributed by atoms with Crippen molar-refractivity contribution in [3.05, 3.63) is 0 Å². The Morgan fingerprint density at radius 1 is 1.25 bits per heavy atom. The molecule has 0 fully saturated rings. The second-order valence-corrected chi connectivity index (χ2v) is 0.909. The molecule has 0 spiro atoms. The number of halogens is 2. The van der Waals surface area contributed by atoms with Crippen LogP contribution in [0, 0.1) is 0 Å². The molecule has 0 saturated carbocycles. The summed E-state index contributed by atoms with van der Waals surface area (Å²) in [5, 5.41) is 0.194. The van der Waals surface area contributed by atoms with E-state index in [0.717, 1.165) is 0 Å². The molecule has 0 aliphatic carbocycles. The Morgan fingerprint density at radius 3 is 1.25 bits per heavy atom. The quantitative estimate of drug-likeness (QED) is 0.411. The lowest BCUT2D eigenvalue weighted by Gasteiger charge is -1.42. The summed E-state index contributed by atoms with van der Waals surface area (Å²) in [6.45, 7) is 0. The Kier molecular flexibility index (Phi) is 21.2. The summed E-state index contributed by atoms with van der Waals surface area (Å²) in [5.41, 5.74) is 0. The zero-order valence-corrected chi connectivity index (χ0v) is 3.38. The van der Waals surface area contributed by atoms with Gasteiger partial charge in [-0.05, 0) is 0 Å². The van der Waals surface area contributed by atoms with Crippen LogP contribution in [0.5, 0.6) is 0 Å². The molecule has 2 radical (unpaired) electrons. The van der Waals surface area contributed by atoms with E-state index in [1.54, 1.807) is 0 Å². The van der Waals surface area contributed by atoms with Crippen LogP contribution in [-0.2, 0) is 5.48 Å². The van der Waals surface area contributed by atoms with Crippen molar-refractivity contribution in [3.8, 4) is 0 Å². The van der Waals surface area contributed by atoms with E-state index >= 15 is 0 Å². The summed E-state index contributed by atoms with van der Waals surface area (Å²) in [6, 6.07) is 0. The fraction of sp³-hybridized carbons (Fsp3) is 1.00. The lowest BCUT2D eigenvalue weighted by atomic mass is 11.9. The molecule has 4 heavy (non-hydrogen) atoms. The lowest BCUT2D eigenvalue weighted by molar-refractivity contribution is 0.686. The molecule has 3 heteroatoms. The maximum Gasteiger partial charge on any atom is 0.0967 e. The molecule has 0 aliphatic heterocycles. The van der Waals surface area contributed by atoms with Crippen molar-refractivity contribution in [2.45, 2.75) is 0 Å². The summed E-state index contributed by atoms with van der Waals surface area (Å²) in [5.74, 6) is 0. The van der Waals surface area contributed by atoms with Crippen LogP contribution in [0.15, 0.2) is 0 Å². The predicted octanol–water partition coefficient (Wildman–Crippen LogP) is 1.30. The maximum absolute atomic E-state index is 4.76. The van der Waals surface area contributed by atoms with E-state index in [9.17, 15) is 0 Å². The molecule has 0 unspecified atom stereocenters. The van der Waals surface area contributed by atoms with Gasteiger partial charge in [0.25, 0.3) is 0 Å². The SMILES string of the molecule is ClCCl.[O]. The largest absolute Gasteiger partial charge is 0.109 e. The molecule has 0 saturated heterocycles. The number of alkyl halides is 2. The van der Waals surface area contributed by atoms with E-state index < -0.39 is 0 Å². The number of hydrogen-bond acceptors (Lipinski definition) is 0. The molecule has 0 aromatic rings. The van der Waals surface area contributed by atoms with E-state index in [1.165, 1.54) is 0 Å². The highest BCUT2D eigenvalue weighted by atomic mass is 35.5. The molecule has 0 aromatic carbocycles. The van der Waals surface area contributed by atoms with Crippen LogP contribution in [0.25, 0.3) is 0 Å². The highest BCUT2D eigenvalue weighted by molar-refractivity contribution is 6.40. The fourth-order valence-corrected chi connectivity index (χ4v) is 0. The van der Waals surface area contributed by atoms with Gasteiger partial charge >= 0.3 is 0 Å². The Balaban J connectivity index is 0. The third-order valence-electron chi connectivity index (χ3n) is 0. The van der Waals surface area contributed by atoms with Crippen LogP contribution >= 0.6 is 23.2 Å². The molecule has 0 atom stereocenters. The van der Waals surface area contributed by atoms with Crippen molar-refractivity contribution in [2.75, 3.05) is 5.34 Å². The van der Waals surface area contributed by atoms with Gasteiger partial charge in [-0.3, -0.25) is 0 Å². The van der Waals surface area contributed by atoms with Crippen molar-refractivity contribution in [3.63, 3.8) is 0 Å². The van der Waals surface area contributed by atoms with Crippen LogP contribution < -0.4 is 0 Å². The topological polar surface area (TPSA) is 28.5 Å². The second kappa shape index (κ2) is 9.63. The van der Waals surface area contributed by atoms with E-state index in [-0.39, 0.29) is 10.8 Å². The van der Waals surface area contributed by atoms with Gasteiger partial charge in [-0.1, -0.05) is 0 Å². The first kappa shape index (κ1) is 8.82. The molecule has 1 nitrogen and oxygen atoms in total. The monoisotopic (exact) mass is 99.9 g/mol. The molecule has 0 amide bonds. The molecule has 0 bridgehead atoms. The van der Waals surface area contributed by atoms with Gasteiger partial charge in [0.05, 0.1) is 5.34 Å². The van der Waals surface area contributed by atoms with E-state index in [0.29, 0.717) is 0 Å². The predicted molar refractivity (Wildman–Crippen MR) is 17.3 cm³/mol. The van der Waals surface area contributed by atoms with E-state index in [1.807, 2.05) is 0 Å². The van der Waals surface area contributed by atoms with Gasteiger partial charge in [-0.15, -0.1) is 23.2 Å². The van der Waals surface area contributed by atoms with Crippen LogP contribution in [0.1, 0.15) is 0 Å². The van der Waals surface area contributed by atoms with Gasteiger partial charge in [0.2, 0.25) is 0 Å². The molecule has 0 aliphatic rings. The Labute approximate surface area is 34.8 Å². The van der Waals surface area contributed by atoms with Gasteiger partial charge in [-0.2, -0.15) is 0 Å². The zero-order valence-electron chi connectivity index (χ0n) is 1.87. The van der Waals surface area contributed by atoms with Crippen LogP contribution in [-0.4, -0.2) is 5.34 Å². The molecule has 0 N–H and O–H groups in total. The first-order valence-electron chi connectivity index (χ1n) is 0.535. The maximum atomic E-state index is 4.76. The third kappa shape index (κ3) is 20.7. The minimum atomic E-state index is 0. The molecular formula is CH2Cl2O. The van der Waals surface area contributed by atoms with E-state index in [2.05, 4.69) is 0 Å². The van der Waals surface area contributed by atoms with Crippen LogP contribution in [0.2, 0.25) is 0 Å². The molecule has 0 aromatic heterocycles. The molecule has 0 rings (SSSR count). The van der Waals surface area contributed by atoms with Crippen molar-refractivity contribution in [1.29, 1.82) is 0 Å². The fourth-order valence-electron chi connectivity index (χ4n) is 0. The Hall–Kier alpha value is 0.540. The molecular weight excluding hydrogens is 98.9 g/mol. The average molecular weight is 101 g/mol. The van der Waals surface area contributed by atoms with Gasteiger partial charge < -0.3 is 0 Å². The van der Waals surface area contributed by atoms with Crippen LogP contribution in [0.4, 0.5) is 0 Å². The van der Waals surface area contributed by atoms with Gasteiger partial charge in [0.15, 0.2) is 0 Å². The van der Waals surface area contributed by atoms with Crippen molar-refractivity contribution in [2.24, 2.45) is 0 Å². The van der Waals surface area contributed by atoms with Gasteiger partial charge in [0.1, 0.15) is 0 Å². The molecule has 0 heterocycles. The third-order valence-corrected chi connectivity index (χ3v) is 0. The van der Waals surface area contributed by atoms with Gasteiger partial charge in [0, 0.05) is 5.48 Å².